The second-order valence-corrected chi connectivity index (χ2v) is 5.14. The van der Waals surface area contributed by atoms with Gasteiger partial charge in [0, 0.05) is 5.56 Å². The highest BCUT2D eigenvalue weighted by molar-refractivity contribution is 6.49. The molecule has 0 amide bonds. The molecule has 1 aliphatic rings. The van der Waals surface area contributed by atoms with Crippen LogP contribution in [0.4, 0.5) is 0 Å². The number of aryl methyl sites for hydroxylation is 3. The number of oxime groups is 1. The van der Waals surface area contributed by atoms with E-state index in [0.717, 1.165) is 16.7 Å². The average Bonchev–Trinajstić information content (AvgIpc) is 2.43. The number of hydrogen-bond acceptors (Lipinski definition) is 3. The highest BCUT2D eigenvalue weighted by Gasteiger charge is 2.41. The highest BCUT2D eigenvalue weighted by atomic mass is 16.7. The molecule has 1 aromatic rings. The summed E-state index contributed by atoms with van der Waals surface area (Å²) >= 11 is 0. The molecule has 90 valence electrons. The average molecular weight is 231 g/mol. The minimum atomic E-state index is -0.834. The molecule has 0 saturated carbocycles. The Hall–Kier alpha value is -1.64. The lowest BCUT2D eigenvalue weighted by molar-refractivity contribution is -0.128. The van der Waals surface area contributed by atoms with E-state index >= 15 is 0 Å². The van der Waals surface area contributed by atoms with Gasteiger partial charge in [-0.1, -0.05) is 22.9 Å². The molecule has 0 radical (unpaired) electrons. The number of ketones is 1. The van der Waals surface area contributed by atoms with E-state index in [1.165, 1.54) is 5.56 Å². The first-order chi connectivity index (χ1) is 7.83. The summed E-state index contributed by atoms with van der Waals surface area (Å²) in [6, 6.07) is 4.12. The number of hydrogen-bond donors (Lipinski definition) is 0. The zero-order valence-corrected chi connectivity index (χ0v) is 10.9. The summed E-state index contributed by atoms with van der Waals surface area (Å²) in [4.78, 5) is 17.4. The van der Waals surface area contributed by atoms with Gasteiger partial charge in [-0.2, -0.15) is 0 Å². The van der Waals surface area contributed by atoms with Gasteiger partial charge >= 0.3 is 0 Å². The predicted octanol–water partition coefficient (Wildman–Crippen LogP) is 2.69. The Morgan fingerprint density at radius 3 is 2.06 bits per heavy atom. The summed E-state index contributed by atoms with van der Waals surface area (Å²) in [5.74, 6) is -0.0486. The zero-order valence-electron chi connectivity index (χ0n) is 10.9. The minimum absolute atomic E-state index is 0.0486. The molecule has 1 aromatic carbocycles. The van der Waals surface area contributed by atoms with E-state index in [0.29, 0.717) is 5.71 Å². The van der Waals surface area contributed by atoms with Crippen molar-refractivity contribution in [3.05, 3.63) is 34.4 Å². The van der Waals surface area contributed by atoms with Crippen LogP contribution in [0.15, 0.2) is 17.3 Å². The molecule has 17 heavy (non-hydrogen) atoms. The fourth-order valence-corrected chi connectivity index (χ4v) is 2.24. The molecule has 2 rings (SSSR count). The topological polar surface area (TPSA) is 38.7 Å². The molecule has 0 unspecified atom stereocenters. The fraction of sp³-hybridized carbons (Fsp3) is 0.429. The number of carbonyl (C=O) groups excluding carboxylic acids is 1. The molecular weight excluding hydrogens is 214 g/mol. The third-order valence-corrected chi connectivity index (χ3v) is 3.04. The summed E-state index contributed by atoms with van der Waals surface area (Å²) in [5, 5.41) is 3.96. The Morgan fingerprint density at radius 2 is 1.65 bits per heavy atom. The van der Waals surface area contributed by atoms with Gasteiger partial charge in [0.25, 0.3) is 0 Å². The molecule has 0 fully saturated rings. The van der Waals surface area contributed by atoms with Crippen LogP contribution in [0, 0.1) is 20.8 Å². The quantitative estimate of drug-likeness (QED) is 0.745. The molecule has 1 heterocycles. The van der Waals surface area contributed by atoms with Gasteiger partial charge in [-0.15, -0.1) is 0 Å². The number of rotatable bonds is 1. The van der Waals surface area contributed by atoms with E-state index in [2.05, 4.69) is 17.3 Å². The first-order valence-electron chi connectivity index (χ1n) is 5.72. The van der Waals surface area contributed by atoms with E-state index in [1.807, 2.05) is 20.8 Å². The first-order valence-corrected chi connectivity index (χ1v) is 5.72. The Bertz CT molecular complexity index is 504. The van der Waals surface area contributed by atoms with Gasteiger partial charge in [0.2, 0.25) is 5.78 Å². The van der Waals surface area contributed by atoms with Gasteiger partial charge < -0.3 is 4.84 Å². The van der Waals surface area contributed by atoms with Crippen molar-refractivity contribution in [2.45, 2.75) is 40.2 Å². The number of Topliss-reactive ketones (excluding diaryl/α,β-unsaturated/α-hetero) is 1. The van der Waals surface area contributed by atoms with Gasteiger partial charge in [0.1, 0.15) is 0 Å². The molecule has 0 aliphatic carbocycles. The molecule has 3 nitrogen and oxygen atoms in total. The van der Waals surface area contributed by atoms with Crippen LogP contribution in [-0.4, -0.2) is 17.1 Å². The van der Waals surface area contributed by atoms with Crippen molar-refractivity contribution >= 4 is 11.5 Å². The molecule has 3 heteroatoms. The van der Waals surface area contributed by atoms with E-state index in [1.54, 1.807) is 13.8 Å². The number of nitrogens with zero attached hydrogens (tertiary/aromatic N) is 1. The Balaban J connectivity index is 2.54. The van der Waals surface area contributed by atoms with Crippen LogP contribution in [0.2, 0.25) is 0 Å². The van der Waals surface area contributed by atoms with Gasteiger partial charge in [-0.3, -0.25) is 4.79 Å². The fourth-order valence-electron chi connectivity index (χ4n) is 2.24. The third kappa shape index (κ3) is 1.86. The second-order valence-electron chi connectivity index (χ2n) is 5.14. The minimum Gasteiger partial charge on any atom is -0.381 e. The lowest BCUT2D eigenvalue weighted by Crippen LogP contribution is -2.33. The predicted molar refractivity (Wildman–Crippen MR) is 67.4 cm³/mol. The normalized spacial score (nSPS) is 17.9. The van der Waals surface area contributed by atoms with Crippen LogP contribution in [0.5, 0.6) is 0 Å². The van der Waals surface area contributed by atoms with Crippen molar-refractivity contribution in [1.82, 2.24) is 0 Å². The zero-order chi connectivity index (χ0) is 12.8. The van der Waals surface area contributed by atoms with Crippen molar-refractivity contribution < 1.29 is 9.63 Å². The lowest BCUT2D eigenvalue weighted by Gasteiger charge is -2.13. The van der Waals surface area contributed by atoms with E-state index in [4.69, 9.17) is 4.84 Å². The van der Waals surface area contributed by atoms with Gasteiger partial charge in [-0.05, 0) is 45.7 Å². The Morgan fingerprint density at radius 1 is 1.12 bits per heavy atom. The maximum Gasteiger partial charge on any atom is 0.230 e. The maximum absolute atomic E-state index is 12.2. The third-order valence-electron chi connectivity index (χ3n) is 3.04. The molecule has 0 atom stereocenters. The van der Waals surface area contributed by atoms with Crippen LogP contribution in [-0.2, 0) is 9.63 Å². The Labute approximate surface area is 101 Å². The van der Waals surface area contributed by atoms with Crippen molar-refractivity contribution in [2.24, 2.45) is 5.16 Å². The summed E-state index contributed by atoms with van der Waals surface area (Å²) in [6.07, 6.45) is 0. The van der Waals surface area contributed by atoms with E-state index in [9.17, 15) is 4.79 Å². The van der Waals surface area contributed by atoms with Crippen molar-refractivity contribution in [2.75, 3.05) is 0 Å². The molecular formula is C14H17NO2. The van der Waals surface area contributed by atoms with Crippen LogP contribution >= 0.6 is 0 Å². The van der Waals surface area contributed by atoms with E-state index < -0.39 is 5.60 Å². The second kappa shape index (κ2) is 3.69. The molecule has 0 N–H and O–H groups in total. The smallest absolute Gasteiger partial charge is 0.230 e. The largest absolute Gasteiger partial charge is 0.381 e. The highest BCUT2D eigenvalue weighted by Crippen LogP contribution is 2.26. The summed E-state index contributed by atoms with van der Waals surface area (Å²) in [5.41, 5.74) is 3.84. The van der Waals surface area contributed by atoms with Crippen molar-refractivity contribution in [3.63, 3.8) is 0 Å². The molecule has 0 aromatic heterocycles. The first kappa shape index (κ1) is 11.8. The van der Waals surface area contributed by atoms with Gasteiger partial charge in [0.15, 0.2) is 11.3 Å². The van der Waals surface area contributed by atoms with Crippen LogP contribution in [0.3, 0.4) is 0 Å². The van der Waals surface area contributed by atoms with Crippen molar-refractivity contribution in [3.8, 4) is 0 Å². The standard InChI is InChI=1S/C14H17NO2/c1-8-6-9(2)11(10(3)7-8)12-13(16)14(4,5)17-15-12/h6-7H,1-5H3. The summed E-state index contributed by atoms with van der Waals surface area (Å²) in [6.45, 7) is 9.52. The maximum atomic E-state index is 12.2. The monoisotopic (exact) mass is 231 g/mol. The number of carbonyl (C=O) groups is 1. The van der Waals surface area contributed by atoms with Crippen molar-refractivity contribution in [1.29, 1.82) is 0 Å². The molecule has 0 spiro atoms. The van der Waals surface area contributed by atoms with Crippen LogP contribution < -0.4 is 0 Å². The number of benzene rings is 1. The SMILES string of the molecule is Cc1cc(C)c(C2=NOC(C)(C)C2=O)c(C)c1. The molecule has 0 bridgehead atoms. The van der Waals surface area contributed by atoms with Crippen LogP contribution in [0.1, 0.15) is 36.1 Å². The van der Waals surface area contributed by atoms with E-state index in [-0.39, 0.29) is 5.78 Å². The summed E-state index contributed by atoms with van der Waals surface area (Å²) < 4.78 is 0. The van der Waals surface area contributed by atoms with Gasteiger partial charge in [0.05, 0.1) is 0 Å². The van der Waals surface area contributed by atoms with Crippen LogP contribution in [0.25, 0.3) is 0 Å². The molecule has 0 saturated heterocycles. The van der Waals surface area contributed by atoms with Gasteiger partial charge in [-0.25, -0.2) is 0 Å². The Kier molecular flexibility index (Phi) is 2.57. The summed E-state index contributed by atoms with van der Waals surface area (Å²) in [7, 11) is 0. The lowest BCUT2D eigenvalue weighted by atomic mass is 9.90. The molecule has 1 aliphatic heterocycles.